The van der Waals surface area contributed by atoms with E-state index in [0.717, 1.165) is 5.56 Å². The van der Waals surface area contributed by atoms with Crippen LogP contribution in [0.4, 0.5) is 0 Å². The lowest BCUT2D eigenvalue weighted by Gasteiger charge is -2.12. The van der Waals surface area contributed by atoms with Crippen LogP contribution in [-0.4, -0.2) is 12.2 Å². The fourth-order valence-corrected chi connectivity index (χ4v) is 1.39. The molecule has 4 nitrogen and oxygen atoms in total. The first-order chi connectivity index (χ1) is 6.61. The largest absolute Gasteiger partial charge is 0.504 e. The minimum Gasteiger partial charge on any atom is -0.504 e. The molecule has 5 heteroatoms. The smallest absolute Gasteiger partial charge is 0.163 e. The van der Waals surface area contributed by atoms with Gasteiger partial charge < -0.3 is 9.84 Å². The quantitative estimate of drug-likeness (QED) is 0.758. The van der Waals surface area contributed by atoms with E-state index in [0.29, 0.717) is 16.3 Å². The first kappa shape index (κ1) is 11.1. The molecule has 0 aromatic heterocycles. The van der Waals surface area contributed by atoms with Crippen molar-refractivity contribution in [3.63, 3.8) is 0 Å². The summed E-state index contributed by atoms with van der Waals surface area (Å²) in [4.78, 5) is 4.47. The summed E-state index contributed by atoms with van der Waals surface area (Å²) in [5.41, 5.74) is 1.27. The average Bonchev–Trinajstić information content (AvgIpc) is 2.18. The van der Waals surface area contributed by atoms with E-state index in [-0.39, 0.29) is 12.4 Å². The SMILES string of the molecule is COc1cc(Cl)c(C)c(CON)c1O. The van der Waals surface area contributed by atoms with E-state index in [1.807, 2.05) is 0 Å². The zero-order valence-electron chi connectivity index (χ0n) is 8.00. The van der Waals surface area contributed by atoms with Crippen LogP contribution in [0.15, 0.2) is 6.07 Å². The third kappa shape index (κ3) is 1.92. The highest BCUT2D eigenvalue weighted by molar-refractivity contribution is 6.31. The molecule has 0 bridgehead atoms. The number of halogens is 1. The van der Waals surface area contributed by atoms with Crippen molar-refractivity contribution in [2.24, 2.45) is 5.90 Å². The predicted octanol–water partition coefficient (Wildman–Crippen LogP) is 1.75. The van der Waals surface area contributed by atoms with Crippen LogP contribution < -0.4 is 10.6 Å². The van der Waals surface area contributed by atoms with Crippen molar-refractivity contribution in [2.45, 2.75) is 13.5 Å². The summed E-state index contributed by atoms with van der Waals surface area (Å²) in [6.07, 6.45) is 0. The number of nitrogens with two attached hydrogens (primary N) is 1. The third-order valence-electron chi connectivity index (χ3n) is 2.04. The van der Waals surface area contributed by atoms with Gasteiger partial charge in [0.05, 0.1) is 13.7 Å². The van der Waals surface area contributed by atoms with Crippen molar-refractivity contribution in [1.29, 1.82) is 0 Å². The first-order valence-corrected chi connectivity index (χ1v) is 4.36. The van der Waals surface area contributed by atoms with Crippen LogP contribution in [0, 0.1) is 6.92 Å². The van der Waals surface area contributed by atoms with Crippen molar-refractivity contribution < 1.29 is 14.7 Å². The molecule has 1 aromatic carbocycles. The monoisotopic (exact) mass is 217 g/mol. The van der Waals surface area contributed by atoms with Crippen molar-refractivity contribution in [3.8, 4) is 11.5 Å². The molecule has 0 aliphatic rings. The standard InChI is InChI=1S/C9H12ClNO3/c1-5-6(4-14-11)9(12)8(13-2)3-7(5)10/h3,12H,4,11H2,1-2H3. The van der Waals surface area contributed by atoms with Crippen molar-refractivity contribution >= 4 is 11.6 Å². The van der Waals surface area contributed by atoms with Gasteiger partial charge >= 0.3 is 0 Å². The van der Waals surface area contributed by atoms with Gasteiger partial charge in [0.25, 0.3) is 0 Å². The van der Waals surface area contributed by atoms with Gasteiger partial charge in [-0.3, -0.25) is 4.84 Å². The van der Waals surface area contributed by atoms with Gasteiger partial charge in [-0.05, 0) is 12.5 Å². The second-order valence-corrected chi connectivity index (χ2v) is 3.23. The summed E-state index contributed by atoms with van der Waals surface area (Å²) in [6.45, 7) is 1.87. The van der Waals surface area contributed by atoms with Gasteiger partial charge in [-0.25, -0.2) is 5.90 Å². The second kappa shape index (κ2) is 4.50. The van der Waals surface area contributed by atoms with Crippen molar-refractivity contribution in [1.82, 2.24) is 0 Å². The number of hydrogen-bond acceptors (Lipinski definition) is 4. The van der Waals surface area contributed by atoms with E-state index in [4.69, 9.17) is 22.2 Å². The Kier molecular flexibility index (Phi) is 3.57. The highest BCUT2D eigenvalue weighted by atomic mass is 35.5. The molecule has 0 amide bonds. The van der Waals surface area contributed by atoms with Gasteiger partial charge in [0.1, 0.15) is 0 Å². The van der Waals surface area contributed by atoms with Gasteiger partial charge in [-0.1, -0.05) is 11.6 Å². The van der Waals surface area contributed by atoms with E-state index >= 15 is 0 Å². The Morgan fingerprint density at radius 2 is 2.21 bits per heavy atom. The molecule has 0 saturated carbocycles. The minimum atomic E-state index is 0.0138. The number of ether oxygens (including phenoxy) is 1. The highest BCUT2D eigenvalue weighted by Crippen LogP contribution is 2.36. The van der Waals surface area contributed by atoms with Crippen LogP contribution in [0.2, 0.25) is 5.02 Å². The first-order valence-electron chi connectivity index (χ1n) is 3.98. The molecule has 0 spiro atoms. The van der Waals surface area contributed by atoms with E-state index in [9.17, 15) is 5.11 Å². The lowest BCUT2D eigenvalue weighted by atomic mass is 10.1. The van der Waals surface area contributed by atoms with E-state index in [2.05, 4.69) is 4.84 Å². The number of methoxy groups -OCH3 is 1. The summed E-state index contributed by atoms with van der Waals surface area (Å²) in [5.74, 6) is 5.27. The fourth-order valence-electron chi connectivity index (χ4n) is 1.18. The lowest BCUT2D eigenvalue weighted by molar-refractivity contribution is 0.121. The Labute approximate surface area is 87.1 Å². The molecule has 3 N–H and O–H groups in total. The number of rotatable bonds is 3. The van der Waals surface area contributed by atoms with E-state index < -0.39 is 0 Å². The zero-order chi connectivity index (χ0) is 10.7. The molecule has 0 fully saturated rings. The van der Waals surface area contributed by atoms with Crippen LogP contribution in [0.1, 0.15) is 11.1 Å². The number of benzene rings is 1. The lowest BCUT2D eigenvalue weighted by Crippen LogP contribution is -2.02. The number of aromatic hydroxyl groups is 1. The van der Waals surface area contributed by atoms with E-state index in [1.54, 1.807) is 13.0 Å². The van der Waals surface area contributed by atoms with Gasteiger partial charge in [0.2, 0.25) is 0 Å². The van der Waals surface area contributed by atoms with Crippen molar-refractivity contribution in [2.75, 3.05) is 7.11 Å². The predicted molar refractivity (Wildman–Crippen MR) is 53.4 cm³/mol. The number of hydrogen-bond donors (Lipinski definition) is 2. The van der Waals surface area contributed by atoms with E-state index in [1.165, 1.54) is 7.11 Å². The highest BCUT2D eigenvalue weighted by Gasteiger charge is 2.14. The number of phenolic OH excluding ortho intramolecular Hbond substituents is 1. The zero-order valence-corrected chi connectivity index (χ0v) is 8.76. The molecule has 0 unspecified atom stereocenters. The maximum atomic E-state index is 9.71. The molecule has 14 heavy (non-hydrogen) atoms. The number of phenols is 1. The van der Waals surface area contributed by atoms with Crippen LogP contribution in [0.3, 0.4) is 0 Å². The average molecular weight is 218 g/mol. The van der Waals surface area contributed by atoms with Gasteiger partial charge in [-0.15, -0.1) is 0 Å². The van der Waals surface area contributed by atoms with Crippen LogP contribution >= 0.6 is 11.6 Å². The molecule has 0 atom stereocenters. The van der Waals surface area contributed by atoms with Gasteiger partial charge in [0, 0.05) is 16.7 Å². The molecular formula is C9H12ClNO3. The Bertz CT molecular complexity index is 341. The Morgan fingerprint density at radius 3 is 2.71 bits per heavy atom. The van der Waals surface area contributed by atoms with Gasteiger partial charge in [-0.2, -0.15) is 0 Å². The fraction of sp³-hybridized carbons (Fsp3) is 0.333. The summed E-state index contributed by atoms with van der Waals surface area (Å²) < 4.78 is 4.94. The summed E-state index contributed by atoms with van der Waals surface area (Å²) >= 11 is 5.92. The molecule has 0 heterocycles. The second-order valence-electron chi connectivity index (χ2n) is 2.82. The molecule has 78 valence electrons. The maximum absolute atomic E-state index is 9.71. The molecule has 1 rings (SSSR count). The normalized spacial score (nSPS) is 10.3. The molecule has 1 aromatic rings. The molecule has 0 aliphatic heterocycles. The van der Waals surface area contributed by atoms with Crippen LogP contribution in [0.5, 0.6) is 11.5 Å². The third-order valence-corrected chi connectivity index (χ3v) is 2.43. The summed E-state index contributed by atoms with van der Waals surface area (Å²) in [6, 6.07) is 1.55. The Morgan fingerprint density at radius 1 is 1.57 bits per heavy atom. The molecular weight excluding hydrogens is 206 g/mol. The topological polar surface area (TPSA) is 64.7 Å². The Hall–Kier alpha value is -0.970. The summed E-state index contributed by atoms with van der Waals surface area (Å²) in [7, 11) is 1.45. The van der Waals surface area contributed by atoms with Crippen LogP contribution in [-0.2, 0) is 11.4 Å². The minimum absolute atomic E-state index is 0.0138. The maximum Gasteiger partial charge on any atom is 0.163 e. The Balaban J connectivity index is 3.29. The molecule has 0 aliphatic carbocycles. The van der Waals surface area contributed by atoms with Gasteiger partial charge in [0.15, 0.2) is 11.5 Å². The van der Waals surface area contributed by atoms with Crippen molar-refractivity contribution in [3.05, 3.63) is 22.2 Å². The molecule has 0 saturated heterocycles. The molecule has 0 radical (unpaired) electrons. The van der Waals surface area contributed by atoms with Crippen LogP contribution in [0.25, 0.3) is 0 Å². The summed E-state index contributed by atoms with van der Waals surface area (Å²) in [5, 5.41) is 10.2.